The van der Waals surface area contributed by atoms with Crippen LogP contribution in [0.25, 0.3) is 0 Å². The lowest BCUT2D eigenvalue weighted by atomic mass is 10.1. The number of hydrogen-bond acceptors (Lipinski definition) is 5. The number of carbonyl (C=O) groups is 1. The molecular formula is C13H18N2O4S. The third-order valence-corrected chi connectivity index (χ3v) is 3.90. The lowest BCUT2D eigenvalue weighted by molar-refractivity contribution is -0.384. The van der Waals surface area contributed by atoms with Crippen LogP contribution in [0.3, 0.4) is 0 Å². The van der Waals surface area contributed by atoms with E-state index in [2.05, 4.69) is 0 Å². The van der Waals surface area contributed by atoms with Gasteiger partial charge >= 0.3 is 5.97 Å². The van der Waals surface area contributed by atoms with Gasteiger partial charge in [-0.2, -0.15) is 11.8 Å². The summed E-state index contributed by atoms with van der Waals surface area (Å²) in [4.78, 5) is 23.4. The topological polar surface area (TPSA) is 83.7 Å². The van der Waals surface area contributed by atoms with Crippen LogP contribution in [0.4, 0.5) is 11.4 Å². The van der Waals surface area contributed by atoms with Gasteiger partial charge in [-0.3, -0.25) is 10.1 Å². The molecule has 0 aromatic heterocycles. The molecule has 0 saturated heterocycles. The number of nitro benzene ring substituents is 1. The zero-order valence-corrected chi connectivity index (χ0v) is 12.5. The van der Waals surface area contributed by atoms with Gasteiger partial charge in [-0.25, -0.2) is 4.79 Å². The Kier molecular flexibility index (Phi) is 5.82. The summed E-state index contributed by atoms with van der Waals surface area (Å²) < 4.78 is 0. The average Bonchev–Trinajstić information content (AvgIpc) is 2.43. The molecule has 7 heteroatoms. The van der Waals surface area contributed by atoms with Gasteiger partial charge in [-0.1, -0.05) is 6.92 Å². The van der Waals surface area contributed by atoms with Crippen LogP contribution < -0.4 is 4.90 Å². The van der Waals surface area contributed by atoms with Crippen molar-refractivity contribution >= 4 is 29.1 Å². The number of rotatable bonds is 7. The average molecular weight is 298 g/mol. The first-order chi connectivity index (χ1) is 9.42. The fraction of sp³-hybridized carbons (Fsp3) is 0.462. The molecule has 1 atom stereocenters. The minimum atomic E-state index is -1.17. The van der Waals surface area contributed by atoms with Gasteiger partial charge in [0.15, 0.2) is 0 Å². The summed E-state index contributed by atoms with van der Waals surface area (Å²) >= 11 is 1.67. The van der Waals surface area contributed by atoms with E-state index in [1.165, 1.54) is 12.1 Å². The van der Waals surface area contributed by atoms with Crippen LogP contribution in [0, 0.1) is 10.1 Å². The van der Waals surface area contributed by atoms with Gasteiger partial charge in [-0.05, 0) is 24.8 Å². The van der Waals surface area contributed by atoms with Crippen LogP contribution in [0.5, 0.6) is 0 Å². The lowest BCUT2D eigenvalue weighted by Crippen LogP contribution is -2.33. The summed E-state index contributed by atoms with van der Waals surface area (Å²) in [5.74, 6) is -0.316. The highest BCUT2D eigenvalue weighted by molar-refractivity contribution is 7.98. The maximum Gasteiger partial charge on any atom is 0.335 e. The molecule has 0 spiro atoms. The second-order valence-corrected chi connectivity index (χ2v) is 5.30. The number of nitro groups is 1. The Balaban J connectivity index is 3.22. The molecule has 0 aliphatic heterocycles. The second kappa shape index (κ2) is 7.14. The highest BCUT2D eigenvalue weighted by Crippen LogP contribution is 2.30. The summed E-state index contributed by atoms with van der Waals surface area (Å²) in [6, 6.07) is 4.18. The van der Waals surface area contributed by atoms with E-state index in [1.807, 2.05) is 18.1 Å². The van der Waals surface area contributed by atoms with Crippen molar-refractivity contribution in [2.75, 3.05) is 24.0 Å². The minimum absolute atomic E-state index is 0.0771. The molecule has 0 radical (unpaired) electrons. The van der Waals surface area contributed by atoms with Crippen molar-refractivity contribution in [2.24, 2.45) is 0 Å². The first kappa shape index (κ1) is 16.3. The molecule has 1 aromatic carbocycles. The molecule has 0 heterocycles. The number of carboxylic acids is 1. The first-order valence-corrected chi connectivity index (χ1v) is 7.55. The molecule has 110 valence electrons. The van der Waals surface area contributed by atoms with E-state index in [-0.39, 0.29) is 17.3 Å². The van der Waals surface area contributed by atoms with Gasteiger partial charge in [0.05, 0.1) is 10.5 Å². The largest absolute Gasteiger partial charge is 0.478 e. The number of hydrogen-bond donors (Lipinski definition) is 1. The number of thioether (sulfide) groups is 1. The van der Waals surface area contributed by atoms with Crippen LogP contribution in [0.1, 0.15) is 23.7 Å². The third-order valence-electron chi connectivity index (χ3n) is 3.18. The van der Waals surface area contributed by atoms with Crippen molar-refractivity contribution < 1.29 is 14.8 Å². The fourth-order valence-corrected chi connectivity index (χ4v) is 2.84. The van der Waals surface area contributed by atoms with Gasteiger partial charge in [0.1, 0.15) is 5.69 Å². The molecular weight excluding hydrogens is 280 g/mol. The second-order valence-electron chi connectivity index (χ2n) is 4.39. The summed E-state index contributed by atoms with van der Waals surface area (Å²) in [5.41, 5.74) is 0.194. The molecule has 0 saturated carbocycles. The Morgan fingerprint density at radius 1 is 1.55 bits per heavy atom. The molecule has 1 rings (SSSR count). The molecule has 20 heavy (non-hydrogen) atoms. The highest BCUT2D eigenvalue weighted by atomic mass is 32.2. The van der Waals surface area contributed by atoms with Gasteiger partial charge in [0.25, 0.3) is 5.69 Å². The third kappa shape index (κ3) is 3.63. The maximum absolute atomic E-state index is 11.2. The molecule has 1 N–H and O–H groups in total. The summed E-state index contributed by atoms with van der Waals surface area (Å²) in [7, 11) is 1.80. The van der Waals surface area contributed by atoms with E-state index in [0.29, 0.717) is 5.69 Å². The van der Waals surface area contributed by atoms with Crippen LogP contribution in [-0.4, -0.2) is 41.1 Å². The van der Waals surface area contributed by atoms with E-state index >= 15 is 0 Å². The van der Waals surface area contributed by atoms with Crippen molar-refractivity contribution in [1.29, 1.82) is 0 Å². The zero-order chi connectivity index (χ0) is 15.3. The predicted molar refractivity (Wildman–Crippen MR) is 80.9 cm³/mol. The molecule has 0 amide bonds. The van der Waals surface area contributed by atoms with Gasteiger partial charge < -0.3 is 10.0 Å². The Bertz CT molecular complexity index is 507. The minimum Gasteiger partial charge on any atom is -0.478 e. The monoisotopic (exact) mass is 298 g/mol. The number of nitrogens with zero attached hydrogens (tertiary/aromatic N) is 2. The van der Waals surface area contributed by atoms with Crippen LogP contribution >= 0.6 is 11.8 Å². The number of carboxylic acid groups (broad SMARTS) is 1. The van der Waals surface area contributed by atoms with Crippen molar-refractivity contribution in [1.82, 2.24) is 0 Å². The number of anilines is 1. The molecule has 0 fully saturated rings. The van der Waals surface area contributed by atoms with E-state index in [0.717, 1.165) is 18.2 Å². The van der Waals surface area contributed by atoms with E-state index in [4.69, 9.17) is 5.11 Å². The molecule has 0 aliphatic carbocycles. The Labute approximate surface area is 121 Å². The van der Waals surface area contributed by atoms with E-state index < -0.39 is 10.9 Å². The standard InChI is InChI=1S/C13H18N2O4S/c1-4-10(8-20-3)14(2)11-6-5-9(13(16)17)7-12(11)15(18)19/h5-7,10H,4,8H2,1-3H3,(H,16,17). The molecule has 0 aliphatic rings. The molecule has 6 nitrogen and oxygen atoms in total. The van der Waals surface area contributed by atoms with E-state index in [1.54, 1.807) is 18.8 Å². The highest BCUT2D eigenvalue weighted by Gasteiger charge is 2.23. The van der Waals surface area contributed by atoms with Crippen LogP contribution in [0.15, 0.2) is 18.2 Å². The Morgan fingerprint density at radius 2 is 2.20 bits per heavy atom. The lowest BCUT2D eigenvalue weighted by Gasteiger charge is -2.28. The van der Waals surface area contributed by atoms with Crippen molar-refractivity contribution in [2.45, 2.75) is 19.4 Å². The zero-order valence-electron chi connectivity index (χ0n) is 11.7. The first-order valence-electron chi connectivity index (χ1n) is 6.15. The summed E-state index contributed by atoms with van der Waals surface area (Å²) in [6.45, 7) is 2.02. The number of aromatic carboxylic acids is 1. The van der Waals surface area contributed by atoms with Gasteiger partial charge in [0.2, 0.25) is 0 Å². The number of benzene rings is 1. The normalized spacial score (nSPS) is 11.9. The molecule has 0 bridgehead atoms. The van der Waals surface area contributed by atoms with Crippen LogP contribution in [-0.2, 0) is 0 Å². The fourth-order valence-electron chi connectivity index (χ4n) is 1.99. The van der Waals surface area contributed by atoms with Gasteiger partial charge in [0, 0.05) is 24.9 Å². The predicted octanol–water partition coefficient (Wildman–Crippen LogP) is 2.87. The van der Waals surface area contributed by atoms with Gasteiger partial charge in [-0.15, -0.1) is 0 Å². The smallest absolute Gasteiger partial charge is 0.335 e. The molecule has 1 unspecified atom stereocenters. The Morgan fingerprint density at radius 3 is 2.65 bits per heavy atom. The Hall–Kier alpha value is -1.76. The van der Waals surface area contributed by atoms with E-state index in [9.17, 15) is 14.9 Å². The summed E-state index contributed by atoms with van der Waals surface area (Å²) in [6.07, 6.45) is 2.84. The quantitative estimate of drug-likeness (QED) is 0.615. The SMILES string of the molecule is CCC(CSC)N(C)c1ccc(C(=O)O)cc1[N+](=O)[O-]. The van der Waals surface area contributed by atoms with Crippen molar-refractivity contribution in [3.63, 3.8) is 0 Å². The maximum atomic E-state index is 11.2. The van der Waals surface area contributed by atoms with Crippen molar-refractivity contribution in [3.8, 4) is 0 Å². The van der Waals surface area contributed by atoms with Crippen molar-refractivity contribution in [3.05, 3.63) is 33.9 Å². The van der Waals surface area contributed by atoms with Crippen LogP contribution in [0.2, 0.25) is 0 Å². The molecule has 1 aromatic rings. The summed E-state index contributed by atoms with van der Waals surface area (Å²) in [5, 5.41) is 20.1.